The molecular weight excluding hydrogens is 234 g/mol. The first-order chi connectivity index (χ1) is 8.65. The zero-order chi connectivity index (χ0) is 13.0. The zero-order valence-electron chi connectivity index (χ0n) is 9.63. The van der Waals surface area contributed by atoms with Crippen molar-refractivity contribution in [3.8, 4) is 0 Å². The van der Waals surface area contributed by atoms with Gasteiger partial charge in [0.25, 0.3) is 5.56 Å². The van der Waals surface area contributed by atoms with Crippen molar-refractivity contribution in [2.75, 3.05) is 5.73 Å². The van der Waals surface area contributed by atoms with Crippen LogP contribution in [0.5, 0.6) is 0 Å². The largest absolute Gasteiger partial charge is 0.467 e. The topological polar surface area (TPSA) is 90.3 Å². The molecule has 0 spiro atoms. The highest BCUT2D eigenvalue weighted by Gasteiger charge is 2.05. The molecule has 6 heteroatoms. The van der Waals surface area contributed by atoms with E-state index < -0.39 is 0 Å². The van der Waals surface area contributed by atoms with Gasteiger partial charge < -0.3 is 20.0 Å². The Morgan fingerprint density at radius 3 is 2.94 bits per heavy atom. The number of anilines is 1. The number of carbonyl (C=O) groups is 1. The van der Waals surface area contributed by atoms with Gasteiger partial charge in [0.2, 0.25) is 5.91 Å². The number of hydrogen-bond donors (Lipinski definition) is 2. The minimum Gasteiger partial charge on any atom is -0.467 e. The van der Waals surface area contributed by atoms with Crippen molar-refractivity contribution >= 4 is 11.6 Å². The summed E-state index contributed by atoms with van der Waals surface area (Å²) in [6, 6.07) is 6.32. The molecule has 0 aromatic carbocycles. The molecule has 2 aromatic rings. The number of nitrogen functional groups attached to an aromatic ring is 1. The Kier molecular flexibility index (Phi) is 3.47. The lowest BCUT2D eigenvalue weighted by molar-refractivity contribution is -0.121. The molecule has 0 atom stereocenters. The Morgan fingerprint density at radius 2 is 2.22 bits per heavy atom. The Bertz CT molecular complexity index is 587. The molecule has 6 nitrogen and oxygen atoms in total. The van der Waals surface area contributed by atoms with E-state index in [1.807, 2.05) is 0 Å². The van der Waals surface area contributed by atoms with Gasteiger partial charge in [0.15, 0.2) is 0 Å². The summed E-state index contributed by atoms with van der Waals surface area (Å²) in [6.07, 6.45) is 2.97. The first kappa shape index (κ1) is 12.0. The fraction of sp³-hybridized carbons (Fsp3) is 0.167. The van der Waals surface area contributed by atoms with Gasteiger partial charge in [-0.05, 0) is 18.2 Å². The van der Waals surface area contributed by atoms with E-state index in [2.05, 4.69) is 5.32 Å². The van der Waals surface area contributed by atoms with E-state index in [9.17, 15) is 9.59 Å². The van der Waals surface area contributed by atoms with Crippen molar-refractivity contribution in [3.05, 3.63) is 52.8 Å². The maximum Gasteiger partial charge on any atom is 0.251 e. The number of nitrogens with two attached hydrogens (primary N) is 1. The first-order valence-electron chi connectivity index (χ1n) is 5.40. The molecular formula is C12H13N3O3. The number of rotatable bonds is 4. The maximum atomic E-state index is 11.6. The van der Waals surface area contributed by atoms with E-state index in [4.69, 9.17) is 10.2 Å². The lowest BCUT2D eigenvalue weighted by Gasteiger charge is -2.06. The van der Waals surface area contributed by atoms with Crippen LogP contribution in [0.15, 0.2) is 45.9 Å². The summed E-state index contributed by atoms with van der Waals surface area (Å²) in [6.45, 7) is 0.230. The van der Waals surface area contributed by atoms with E-state index in [-0.39, 0.29) is 18.0 Å². The lowest BCUT2D eigenvalue weighted by Crippen LogP contribution is -2.31. The Morgan fingerprint density at radius 1 is 1.39 bits per heavy atom. The highest BCUT2D eigenvalue weighted by atomic mass is 16.3. The highest BCUT2D eigenvalue weighted by Crippen LogP contribution is 1.99. The number of hydrogen-bond acceptors (Lipinski definition) is 4. The van der Waals surface area contributed by atoms with Gasteiger partial charge in [-0.3, -0.25) is 9.59 Å². The summed E-state index contributed by atoms with van der Waals surface area (Å²) < 4.78 is 6.33. The Labute approximate surface area is 103 Å². The fourth-order valence-electron chi connectivity index (χ4n) is 1.48. The van der Waals surface area contributed by atoms with E-state index in [1.54, 1.807) is 12.1 Å². The summed E-state index contributed by atoms with van der Waals surface area (Å²) in [5, 5.41) is 2.65. The van der Waals surface area contributed by atoms with Crippen LogP contribution in [0.1, 0.15) is 5.76 Å². The van der Waals surface area contributed by atoms with E-state index in [1.165, 1.54) is 29.2 Å². The zero-order valence-corrected chi connectivity index (χ0v) is 9.63. The second-order valence-corrected chi connectivity index (χ2v) is 3.78. The van der Waals surface area contributed by atoms with Crippen LogP contribution in [-0.4, -0.2) is 10.5 Å². The number of nitrogens with one attached hydrogen (secondary N) is 1. The van der Waals surface area contributed by atoms with Crippen LogP contribution in [0.3, 0.4) is 0 Å². The highest BCUT2D eigenvalue weighted by molar-refractivity contribution is 5.75. The standard InChI is InChI=1S/C12H13N3O3/c13-9-3-4-12(17)15(7-9)8-11(16)14-6-10-2-1-5-18-10/h1-5,7H,6,8,13H2,(H,14,16). The number of nitrogens with zero attached hydrogens (tertiary/aromatic N) is 1. The molecule has 18 heavy (non-hydrogen) atoms. The third-order valence-corrected chi connectivity index (χ3v) is 2.36. The smallest absolute Gasteiger partial charge is 0.251 e. The van der Waals surface area contributed by atoms with E-state index in [0.717, 1.165) is 0 Å². The summed E-state index contributed by atoms with van der Waals surface area (Å²) in [7, 11) is 0. The number of amides is 1. The summed E-state index contributed by atoms with van der Waals surface area (Å²) >= 11 is 0. The minimum atomic E-state index is -0.279. The van der Waals surface area contributed by atoms with Crippen molar-refractivity contribution in [2.45, 2.75) is 13.1 Å². The van der Waals surface area contributed by atoms with Crippen LogP contribution in [-0.2, 0) is 17.9 Å². The van der Waals surface area contributed by atoms with Gasteiger partial charge in [-0.25, -0.2) is 0 Å². The molecule has 2 heterocycles. The average Bonchev–Trinajstić information content (AvgIpc) is 2.84. The average molecular weight is 247 g/mol. The van der Waals surface area contributed by atoms with E-state index >= 15 is 0 Å². The molecule has 0 saturated heterocycles. The van der Waals surface area contributed by atoms with Crippen LogP contribution in [0.4, 0.5) is 5.69 Å². The fourth-order valence-corrected chi connectivity index (χ4v) is 1.48. The second-order valence-electron chi connectivity index (χ2n) is 3.78. The number of pyridine rings is 1. The predicted octanol–water partition coefficient (Wildman–Crippen LogP) is 0.340. The molecule has 0 aliphatic carbocycles. The molecule has 0 aliphatic heterocycles. The van der Waals surface area contributed by atoms with Crippen LogP contribution >= 0.6 is 0 Å². The quantitative estimate of drug-likeness (QED) is 0.815. The van der Waals surface area contributed by atoms with E-state index in [0.29, 0.717) is 18.0 Å². The number of carbonyl (C=O) groups excluding carboxylic acids is 1. The Hall–Kier alpha value is -2.50. The summed E-state index contributed by atoms with van der Waals surface area (Å²) in [5.41, 5.74) is 5.72. The van der Waals surface area contributed by atoms with Gasteiger partial charge in [-0.15, -0.1) is 0 Å². The predicted molar refractivity (Wildman–Crippen MR) is 65.7 cm³/mol. The van der Waals surface area contributed by atoms with Crippen molar-refractivity contribution in [3.63, 3.8) is 0 Å². The Balaban J connectivity index is 1.95. The molecule has 0 radical (unpaired) electrons. The monoisotopic (exact) mass is 247 g/mol. The molecule has 3 N–H and O–H groups in total. The first-order valence-corrected chi connectivity index (χ1v) is 5.40. The van der Waals surface area contributed by atoms with Crippen LogP contribution in [0.25, 0.3) is 0 Å². The van der Waals surface area contributed by atoms with Crippen molar-refractivity contribution in [1.82, 2.24) is 9.88 Å². The molecule has 0 bridgehead atoms. The lowest BCUT2D eigenvalue weighted by atomic mass is 10.4. The molecule has 2 aromatic heterocycles. The van der Waals surface area contributed by atoms with Crippen LogP contribution in [0.2, 0.25) is 0 Å². The molecule has 0 fully saturated rings. The van der Waals surface area contributed by atoms with Gasteiger partial charge in [0.05, 0.1) is 12.8 Å². The van der Waals surface area contributed by atoms with Crippen LogP contribution in [0, 0.1) is 0 Å². The van der Waals surface area contributed by atoms with Gasteiger partial charge in [0.1, 0.15) is 12.3 Å². The molecule has 0 aliphatic rings. The molecule has 1 amide bonds. The number of furan rings is 1. The van der Waals surface area contributed by atoms with Gasteiger partial charge >= 0.3 is 0 Å². The normalized spacial score (nSPS) is 10.2. The van der Waals surface area contributed by atoms with Crippen molar-refractivity contribution < 1.29 is 9.21 Å². The molecule has 0 saturated carbocycles. The van der Waals surface area contributed by atoms with Gasteiger partial charge in [0, 0.05) is 18.0 Å². The number of aromatic nitrogens is 1. The van der Waals surface area contributed by atoms with Crippen molar-refractivity contribution in [1.29, 1.82) is 0 Å². The summed E-state index contributed by atoms with van der Waals surface area (Å²) in [5.74, 6) is 0.377. The summed E-state index contributed by atoms with van der Waals surface area (Å²) in [4.78, 5) is 23.1. The molecule has 94 valence electrons. The SMILES string of the molecule is Nc1ccc(=O)n(CC(=O)NCc2ccco2)c1. The van der Waals surface area contributed by atoms with Gasteiger partial charge in [-0.2, -0.15) is 0 Å². The van der Waals surface area contributed by atoms with Crippen LogP contribution < -0.4 is 16.6 Å². The minimum absolute atomic E-state index is 0.0649. The molecule has 2 rings (SSSR count). The molecule has 0 unspecified atom stereocenters. The van der Waals surface area contributed by atoms with Crippen molar-refractivity contribution in [2.24, 2.45) is 0 Å². The van der Waals surface area contributed by atoms with Gasteiger partial charge in [-0.1, -0.05) is 0 Å². The third-order valence-electron chi connectivity index (χ3n) is 2.36. The third kappa shape index (κ3) is 3.00. The second kappa shape index (κ2) is 5.22. The maximum absolute atomic E-state index is 11.6.